The molecule has 0 bridgehead atoms. The van der Waals surface area contributed by atoms with Gasteiger partial charge in [0.1, 0.15) is 5.82 Å². The summed E-state index contributed by atoms with van der Waals surface area (Å²) in [6.07, 6.45) is 0. The number of aryl methyl sites for hydroxylation is 1. The van der Waals surface area contributed by atoms with Crippen molar-refractivity contribution in [2.45, 2.75) is 27.7 Å². The molecule has 0 saturated heterocycles. The minimum Gasteiger partial charge on any atom is -0.340 e. The fourth-order valence-electron chi connectivity index (χ4n) is 2.62. The van der Waals surface area contributed by atoms with Gasteiger partial charge in [-0.05, 0) is 43.3 Å². The molecule has 2 aromatic carbocycles. The second kappa shape index (κ2) is 7.58. The molecule has 0 saturated carbocycles. The van der Waals surface area contributed by atoms with Gasteiger partial charge in [-0.2, -0.15) is 4.98 Å². The molecule has 0 unspecified atom stereocenters. The number of rotatable bonds is 5. The monoisotopic (exact) mass is 360 g/mol. The lowest BCUT2D eigenvalue weighted by Gasteiger charge is -2.16. The predicted molar refractivity (Wildman–Crippen MR) is 110 cm³/mol. The molecular weight excluding hydrogens is 336 g/mol. The van der Waals surface area contributed by atoms with E-state index < -0.39 is 5.41 Å². The van der Waals surface area contributed by atoms with Crippen LogP contribution in [-0.2, 0) is 0 Å². The van der Waals surface area contributed by atoms with Crippen molar-refractivity contribution in [3.05, 3.63) is 71.9 Å². The molecule has 0 amide bonds. The van der Waals surface area contributed by atoms with Crippen molar-refractivity contribution in [2.75, 3.05) is 10.6 Å². The Morgan fingerprint density at radius 1 is 0.852 bits per heavy atom. The highest BCUT2D eigenvalue weighted by molar-refractivity contribution is 6.00. The second-order valence-electron chi connectivity index (χ2n) is 7.49. The minimum absolute atomic E-state index is 0.121. The molecule has 0 aliphatic carbocycles. The van der Waals surface area contributed by atoms with E-state index in [1.54, 1.807) is 0 Å². The Kier molecular flexibility index (Phi) is 5.21. The Hall–Kier alpha value is -3.21. The van der Waals surface area contributed by atoms with Crippen molar-refractivity contribution in [3.8, 4) is 0 Å². The number of Topliss-reactive ketones (excluding diaryl/α,β-unsaturated/α-hetero) is 1. The zero-order chi connectivity index (χ0) is 19.4. The Bertz CT molecular complexity index is 929. The third-order valence-electron chi connectivity index (χ3n) is 3.98. The van der Waals surface area contributed by atoms with E-state index in [9.17, 15) is 4.79 Å². The topological polar surface area (TPSA) is 66.9 Å². The number of hydrogen-bond acceptors (Lipinski definition) is 5. The van der Waals surface area contributed by atoms with Crippen molar-refractivity contribution in [1.82, 2.24) is 9.97 Å². The average molecular weight is 360 g/mol. The maximum Gasteiger partial charge on any atom is 0.229 e. The lowest BCUT2D eigenvalue weighted by Crippen LogP contribution is -2.20. The fourth-order valence-corrected chi connectivity index (χ4v) is 2.62. The highest BCUT2D eigenvalue weighted by Crippen LogP contribution is 2.23. The molecule has 0 radical (unpaired) electrons. The Morgan fingerprint density at radius 2 is 1.48 bits per heavy atom. The van der Waals surface area contributed by atoms with Gasteiger partial charge in [0.2, 0.25) is 5.95 Å². The highest BCUT2D eigenvalue weighted by atomic mass is 16.1. The summed E-state index contributed by atoms with van der Waals surface area (Å²) in [5.74, 6) is 1.34. The molecule has 5 heteroatoms. The molecule has 2 N–H and O–H groups in total. The number of aromatic nitrogens is 2. The first-order valence-electron chi connectivity index (χ1n) is 8.91. The number of ketones is 1. The summed E-state index contributed by atoms with van der Waals surface area (Å²) < 4.78 is 0. The molecular formula is C22H24N4O. The molecule has 3 aromatic rings. The molecule has 5 nitrogen and oxygen atoms in total. The summed E-state index contributed by atoms with van der Waals surface area (Å²) in [6, 6.07) is 19.2. The van der Waals surface area contributed by atoms with E-state index in [1.807, 2.05) is 88.4 Å². The van der Waals surface area contributed by atoms with Crippen LogP contribution in [-0.4, -0.2) is 15.8 Å². The van der Waals surface area contributed by atoms with Crippen molar-refractivity contribution in [2.24, 2.45) is 5.41 Å². The summed E-state index contributed by atoms with van der Waals surface area (Å²) in [6.45, 7) is 7.68. The van der Waals surface area contributed by atoms with Crippen LogP contribution in [0.25, 0.3) is 0 Å². The van der Waals surface area contributed by atoms with Gasteiger partial charge in [0.05, 0.1) is 0 Å². The van der Waals surface area contributed by atoms with E-state index in [1.165, 1.54) is 0 Å². The summed E-state index contributed by atoms with van der Waals surface area (Å²) in [4.78, 5) is 21.3. The number of anilines is 4. The lowest BCUT2D eigenvalue weighted by molar-refractivity contribution is 0.0858. The number of nitrogens with one attached hydrogen (secondary N) is 2. The van der Waals surface area contributed by atoms with Crippen LogP contribution in [0.2, 0.25) is 0 Å². The SMILES string of the molecule is Cc1cc(Nc2ccccc2)nc(Nc2ccc(C(=O)C(C)(C)C)cc2)n1. The van der Waals surface area contributed by atoms with Gasteiger partial charge in [-0.1, -0.05) is 39.0 Å². The fraction of sp³-hybridized carbons (Fsp3) is 0.227. The zero-order valence-electron chi connectivity index (χ0n) is 16.1. The van der Waals surface area contributed by atoms with Crippen LogP contribution in [0.15, 0.2) is 60.7 Å². The van der Waals surface area contributed by atoms with E-state index >= 15 is 0 Å². The first-order chi connectivity index (χ1) is 12.8. The molecule has 0 spiro atoms. The molecule has 0 aliphatic rings. The summed E-state index contributed by atoms with van der Waals surface area (Å²) in [5, 5.41) is 6.48. The van der Waals surface area contributed by atoms with E-state index in [2.05, 4.69) is 20.6 Å². The molecule has 1 heterocycles. The van der Waals surface area contributed by atoms with Crippen LogP contribution in [0.3, 0.4) is 0 Å². The molecule has 138 valence electrons. The van der Waals surface area contributed by atoms with Gasteiger partial charge in [0.15, 0.2) is 5.78 Å². The van der Waals surface area contributed by atoms with Crippen molar-refractivity contribution < 1.29 is 4.79 Å². The van der Waals surface area contributed by atoms with Gasteiger partial charge < -0.3 is 10.6 Å². The lowest BCUT2D eigenvalue weighted by atomic mass is 9.86. The highest BCUT2D eigenvalue weighted by Gasteiger charge is 2.22. The first kappa shape index (κ1) is 18.6. The van der Waals surface area contributed by atoms with Crippen LogP contribution < -0.4 is 10.6 Å². The van der Waals surface area contributed by atoms with Crippen molar-refractivity contribution >= 4 is 28.9 Å². The Labute approximate surface area is 159 Å². The van der Waals surface area contributed by atoms with E-state index in [0.29, 0.717) is 11.5 Å². The number of hydrogen-bond donors (Lipinski definition) is 2. The summed E-state index contributed by atoms with van der Waals surface area (Å²) in [5.41, 5.74) is 2.95. The Morgan fingerprint density at radius 3 is 2.11 bits per heavy atom. The molecule has 3 rings (SSSR count). The molecule has 0 fully saturated rings. The number of para-hydroxylation sites is 1. The molecule has 0 aliphatic heterocycles. The van der Waals surface area contributed by atoms with E-state index in [4.69, 9.17) is 0 Å². The van der Waals surface area contributed by atoms with Gasteiger partial charge >= 0.3 is 0 Å². The quantitative estimate of drug-likeness (QED) is 0.588. The van der Waals surface area contributed by atoms with Crippen molar-refractivity contribution in [1.29, 1.82) is 0 Å². The number of benzene rings is 2. The summed E-state index contributed by atoms with van der Waals surface area (Å²) in [7, 11) is 0. The van der Waals surface area contributed by atoms with Crippen LogP contribution in [0.1, 0.15) is 36.8 Å². The smallest absolute Gasteiger partial charge is 0.229 e. The normalized spacial score (nSPS) is 11.1. The molecule has 0 atom stereocenters. The summed E-state index contributed by atoms with van der Waals surface area (Å²) >= 11 is 0. The van der Waals surface area contributed by atoms with Crippen LogP contribution in [0, 0.1) is 12.3 Å². The third kappa shape index (κ3) is 4.91. The van der Waals surface area contributed by atoms with Gasteiger partial charge in [-0.3, -0.25) is 4.79 Å². The predicted octanol–water partition coefficient (Wildman–Crippen LogP) is 5.50. The number of nitrogens with zero attached hydrogens (tertiary/aromatic N) is 2. The molecule has 27 heavy (non-hydrogen) atoms. The van der Waals surface area contributed by atoms with Crippen LogP contribution >= 0.6 is 0 Å². The molecule has 1 aromatic heterocycles. The Balaban J connectivity index is 1.76. The van der Waals surface area contributed by atoms with E-state index in [-0.39, 0.29) is 5.78 Å². The van der Waals surface area contributed by atoms with Gasteiger partial charge in [0.25, 0.3) is 0 Å². The van der Waals surface area contributed by atoms with Crippen LogP contribution in [0.5, 0.6) is 0 Å². The van der Waals surface area contributed by atoms with Gasteiger partial charge in [0, 0.05) is 34.1 Å². The average Bonchev–Trinajstić information content (AvgIpc) is 2.61. The maximum absolute atomic E-state index is 12.3. The maximum atomic E-state index is 12.3. The second-order valence-corrected chi connectivity index (χ2v) is 7.49. The van der Waals surface area contributed by atoms with Gasteiger partial charge in [-0.25, -0.2) is 4.98 Å². The first-order valence-corrected chi connectivity index (χ1v) is 8.91. The van der Waals surface area contributed by atoms with Crippen molar-refractivity contribution in [3.63, 3.8) is 0 Å². The third-order valence-corrected chi connectivity index (χ3v) is 3.98. The number of carbonyl (C=O) groups is 1. The minimum atomic E-state index is -0.396. The van der Waals surface area contributed by atoms with Gasteiger partial charge in [-0.15, -0.1) is 0 Å². The number of carbonyl (C=O) groups excluding carboxylic acids is 1. The largest absolute Gasteiger partial charge is 0.340 e. The van der Waals surface area contributed by atoms with E-state index in [0.717, 1.165) is 22.9 Å². The van der Waals surface area contributed by atoms with Crippen LogP contribution in [0.4, 0.5) is 23.1 Å². The standard InChI is InChI=1S/C22H24N4O/c1-15-14-19(24-17-8-6-5-7-9-17)26-21(23-15)25-18-12-10-16(11-13-18)20(27)22(2,3)4/h5-14H,1-4H3,(H2,23,24,25,26). The zero-order valence-corrected chi connectivity index (χ0v) is 16.1.